The molecule has 0 bridgehead atoms. The first-order chi connectivity index (χ1) is 7.66. The number of aryl methyl sites for hydroxylation is 1. The summed E-state index contributed by atoms with van der Waals surface area (Å²) < 4.78 is 2.01. The molecule has 0 atom stereocenters. The first-order valence-corrected chi connectivity index (χ1v) is 5.40. The summed E-state index contributed by atoms with van der Waals surface area (Å²) in [4.78, 5) is 8.54. The van der Waals surface area contributed by atoms with Crippen molar-refractivity contribution in [1.82, 2.24) is 14.5 Å². The molecule has 0 amide bonds. The van der Waals surface area contributed by atoms with Gasteiger partial charge in [0.15, 0.2) is 0 Å². The van der Waals surface area contributed by atoms with Crippen molar-refractivity contribution in [2.75, 3.05) is 5.32 Å². The van der Waals surface area contributed by atoms with Gasteiger partial charge in [0, 0.05) is 18.4 Å². The smallest absolute Gasteiger partial charge is 0.126 e. The summed E-state index contributed by atoms with van der Waals surface area (Å²) in [6.45, 7) is 6.16. The van der Waals surface area contributed by atoms with Gasteiger partial charge in [-0.3, -0.25) is 0 Å². The molecule has 0 aliphatic rings. The molecular formula is C12H16N4. The molecule has 4 heteroatoms. The highest BCUT2D eigenvalue weighted by Crippen LogP contribution is 2.12. The topological polar surface area (TPSA) is 42.7 Å². The second kappa shape index (κ2) is 4.35. The van der Waals surface area contributed by atoms with E-state index in [0.717, 1.165) is 17.3 Å². The lowest BCUT2D eigenvalue weighted by Gasteiger charge is -2.10. The van der Waals surface area contributed by atoms with Gasteiger partial charge in [-0.25, -0.2) is 9.97 Å². The van der Waals surface area contributed by atoms with Crippen LogP contribution in [0.15, 0.2) is 30.7 Å². The van der Waals surface area contributed by atoms with Gasteiger partial charge in [-0.05, 0) is 32.9 Å². The highest BCUT2D eigenvalue weighted by Gasteiger charge is 2.01. The molecule has 0 saturated carbocycles. The molecule has 2 rings (SSSR count). The molecule has 2 heterocycles. The van der Waals surface area contributed by atoms with Crippen LogP contribution >= 0.6 is 0 Å². The molecule has 16 heavy (non-hydrogen) atoms. The van der Waals surface area contributed by atoms with Crippen molar-refractivity contribution in [3.8, 4) is 5.69 Å². The number of nitrogens with zero attached hydrogens (tertiary/aromatic N) is 3. The largest absolute Gasteiger partial charge is 0.368 e. The van der Waals surface area contributed by atoms with Crippen molar-refractivity contribution in [1.29, 1.82) is 0 Å². The van der Waals surface area contributed by atoms with E-state index in [9.17, 15) is 0 Å². The van der Waals surface area contributed by atoms with E-state index in [1.54, 1.807) is 6.20 Å². The van der Waals surface area contributed by atoms with Crippen LogP contribution in [-0.2, 0) is 0 Å². The van der Waals surface area contributed by atoms with E-state index in [2.05, 4.69) is 29.1 Å². The summed E-state index contributed by atoms with van der Waals surface area (Å²) in [5.74, 6) is 1.86. The van der Waals surface area contributed by atoms with Crippen molar-refractivity contribution in [3.63, 3.8) is 0 Å². The van der Waals surface area contributed by atoms with Gasteiger partial charge in [-0.15, -0.1) is 0 Å². The highest BCUT2D eigenvalue weighted by atomic mass is 15.1. The quantitative estimate of drug-likeness (QED) is 0.856. The third-order valence-corrected chi connectivity index (χ3v) is 2.29. The van der Waals surface area contributed by atoms with Crippen molar-refractivity contribution < 1.29 is 0 Å². The Morgan fingerprint density at radius 3 is 2.56 bits per heavy atom. The third kappa shape index (κ3) is 2.21. The van der Waals surface area contributed by atoms with Crippen LogP contribution in [-0.4, -0.2) is 20.6 Å². The van der Waals surface area contributed by atoms with Gasteiger partial charge in [0.05, 0.1) is 11.9 Å². The molecule has 84 valence electrons. The Labute approximate surface area is 95.4 Å². The minimum absolute atomic E-state index is 0.397. The van der Waals surface area contributed by atoms with E-state index in [4.69, 9.17) is 0 Å². The van der Waals surface area contributed by atoms with Crippen molar-refractivity contribution in [3.05, 3.63) is 36.5 Å². The SMILES string of the molecule is Cc1nccn1-c1ccc(NC(C)C)nc1. The zero-order chi connectivity index (χ0) is 11.5. The number of pyridine rings is 1. The molecule has 0 spiro atoms. The van der Waals surface area contributed by atoms with Crippen LogP contribution in [0.1, 0.15) is 19.7 Å². The van der Waals surface area contributed by atoms with Crippen molar-refractivity contribution in [2.24, 2.45) is 0 Å². The van der Waals surface area contributed by atoms with Crippen LogP contribution in [0, 0.1) is 6.92 Å². The molecule has 0 aliphatic carbocycles. The lowest BCUT2D eigenvalue weighted by Crippen LogP contribution is -2.11. The predicted molar refractivity (Wildman–Crippen MR) is 64.9 cm³/mol. The first-order valence-electron chi connectivity index (χ1n) is 5.40. The molecule has 0 aliphatic heterocycles. The molecule has 1 N–H and O–H groups in total. The second-order valence-electron chi connectivity index (χ2n) is 4.05. The summed E-state index contributed by atoms with van der Waals surface area (Å²) in [6.07, 6.45) is 5.57. The minimum atomic E-state index is 0.397. The number of hydrogen-bond donors (Lipinski definition) is 1. The summed E-state index contributed by atoms with van der Waals surface area (Å²) >= 11 is 0. The van der Waals surface area contributed by atoms with Gasteiger partial charge in [-0.1, -0.05) is 0 Å². The second-order valence-corrected chi connectivity index (χ2v) is 4.05. The maximum absolute atomic E-state index is 4.36. The number of imidazole rings is 1. The number of hydrogen-bond acceptors (Lipinski definition) is 3. The Morgan fingerprint density at radius 2 is 2.06 bits per heavy atom. The van der Waals surface area contributed by atoms with Crippen molar-refractivity contribution in [2.45, 2.75) is 26.8 Å². The monoisotopic (exact) mass is 216 g/mol. The van der Waals surface area contributed by atoms with E-state index in [1.807, 2.05) is 36.0 Å². The van der Waals surface area contributed by atoms with E-state index in [-0.39, 0.29) is 0 Å². The fourth-order valence-corrected chi connectivity index (χ4v) is 1.56. The van der Waals surface area contributed by atoms with Gasteiger partial charge in [0.2, 0.25) is 0 Å². The molecule has 2 aromatic heterocycles. The fraction of sp³-hybridized carbons (Fsp3) is 0.333. The van der Waals surface area contributed by atoms with Gasteiger partial charge in [0.25, 0.3) is 0 Å². The molecule has 0 fully saturated rings. The van der Waals surface area contributed by atoms with E-state index in [1.165, 1.54) is 0 Å². The Balaban J connectivity index is 2.23. The van der Waals surface area contributed by atoms with Gasteiger partial charge in [0.1, 0.15) is 11.6 Å². The minimum Gasteiger partial charge on any atom is -0.368 e. The maximum atomic E-state index is 4.36. The Kier molecular flexibility index (Phi) is 2.90. The molecule has 0 saturated heterocycles. The predicted octanol–water partition coefficient (Wildman–Crippen LogP) is 2.40. The lowest BCUT2D eigenvalue weighted by atomic mass is 10.3. The normalized spacial score (nSPS) is 10.8. The number of nitrogens with one attached hydrogen (secondary N) is 1. The van der Waals surface area contributed by atoms with Gasteiger partial charge in [-0.2, -0.15) is 0 Å². The molecule has 0 aromatic carbocycles. The van der Waals surface area contributed by atoms with E-state index in [0.29, 0.717) is 6.04 Å². The van der Waals surface area contributed by atoms with Crippen LogP contribution in [0.4, 0.5) is 5.82 Å². The molecule has 0 unspecified atom stereocenters. The summed E-state index contributed by atoms with van der Waals surface area (Å²) in [7, 11) is 0. The Hall–Kier alpha value is -1.84. The van der Waals surface area contributed by atoms with E-state index >= 15 is 0 Å². The fourth-order valence-electron chi connectivity index (χ4n) is 1.56. The van der Waals surface area contributed by atoms with E-state index < -0.39 is 0 Å². The average Bonchev–Trinajstić information content (AvgIpc) is 2.65. The number of rotatable bonds is 3. The van der Waals surface area contributed by atoms with Crippen LogP contribution in [0.5, 0.6) is 0 Å². The van der Waals surface area contributed by atoms with Gasteiger partial charge >= 0.3 is 0 Å². The van der Waals surface area contributed by atoms with Crippen LogP contribution in [0.3, 0.4) is 0 Å². The zero-order valence-electron chi connectivity index (χ0n) is 9.81. The molecule has 4 nitrogen and oxygen atoms in total. The van der Waals surface area contributed by atoms with Crippen LogP contribution < -0.4 is 5.32 Å². The number of aromatic nitrogens is 3. The molecular weight excluding hydrogens is 200 g/mol. The summed E-state index contributed by atoms with van der Waals surface area (Å²) in [5.41, 5.74) is 1.03. The van der Waals surface area contributed by atoms with Crippen LogP contribution in [0.2, 0.25) is 0 Å². The maximum Gasteiger partial charge on any atom is 0.126 e. The number of anilines is 1. The first kappa shape index (κ1) is 10.7. The Morgan fingerprint density at radius 1 is 1.25 bits per heavy atom. The summed E-state index contributed by atoms with van der Waals surface area (Å²) in [6, 6.07) is 4.41. The summed E-state index contributed by atoms with van der Waals surface area (Å²) in [5, 5.41) is 3.26. The standard InChI is InChI=1S/C12H16N4/c1-9(2)15-12-5-4-11(8-14-12)16-7-6-13-10(16)3/h4-9H,1-3H3,(H,14,15). The molecule has 2 aromatic rings. The average molecular weight is 216 g/mol. The zero-order valence-corrected chi connectivity index (χ0v) is 9.81. The van der Waals surface area contributed by atoms with Crippen molar-refractivity contribution >= 4 is 5.82 Å². The highest BCUT2D eigenvalue weighted by molar-refractivity contribution is 5.41. The Bertz CT molecular complexity index is 456. The third-order valence-electron chi connectivity index (χ3n) is 2.29. The molecule has 0 radical (unpaired) electrons. The van der Waals surface area contributed by atoms with Crippen LogP contribution in [0.25, 0.3) is 5.69 Å². The van der Waals surface area contributed by atoms with Gasteiger partial charge < -0.3 is 9.88 Å². The lowest BCUT2D eigenvalue weighted by molar-refractivity contribution is 0.886.